The lowest BCUT2D eigenvalue weighted by atomic mass is 9.86. The first kappa shape index (κ1) is 18.7. The van der Waals surface area contributed by atoms with Gasteiger partial charge in [-0.3, -0.25) is 19.3 Å². The summed E-state index contributed by atoms with van der Waals surface area (Å²) in [6.07, 6.45) is 0. The molecule has 1 fully saturated rings. The topological polar surface area (TPSA) is 57.7 Å². The molecule has 2 unspecified atom stereocenters. The summed E-state index contributed by atoms with van der Waals surface area (Å²) in [5.41, 5.74) is 1.84. The number of imide groups is 1. The van der Waals surface area contributed by atoms with Crippen LogP contribution in [0.1, 0.15) is 32.3 Å². The summed E-state index contributed by atoms with van der Waals surface area (Å²) >= 11 is 3.37. The Morgan fingerprint density at radius 2 is 1.27 bits per heavy atom. The van der Waals surface area contributed by atoms with Crippen LogP contribution in [0.2, 0.25) is 0 Å². The number of halogens is 2. The Bertz CT molecular complexity index is 1160. The van der Waals surface area contributed by atoms with Crippen molar-refractivity contribution in [2.75, 3.05) is 4.90 Å². The summed E-state index contributed by atoms with van der Waals surface area (Å²) in [5.74, 6) is -1.74. The summed E-state index contributed by atoms with van der Waals surface area (Å²) in [6.45, 7) is 0. The van der Waals surface area contributed by atoms with Crippen LogP contribution in [0.5, 0.6) is 0 Å². The quantitative estimate of drug-likeness (QED) is 0.427. The second kappa shape index (κ2) is 6.88. The van der Waals surface area contributed by atoms with E-state index in [1.165, 1.54) is 17.0 Å². The fraction of sp³-hybridized carbons (Fsp3) is 0.0870. The molecule has 3 aromatic carbocycles. The molecule has 3 amide bonds. The van der Waals surface area contributed by atoms with Crippen molar-refractivity contribution in [3.05, 3.63) is 99.8 Å². The van der Waals surface area contributed by atoms with Crippen LogP contribution >= 0.6 is 15.9 Å². The van der Waals surface area contributed by atoms with Gasteiger partial charge in [0.1, 0.15) is 11.9 Å². The van der Waals surface area contributed by atoms with E-state index in [1.54, 1.807) is 60.7 Å². The number of hydrogen-bond acceptors (Lipinski definition) is 3. The largest absolute Gasteiger partial charge is 0.300 e. The van der Waals surface area contributed by atoms with Gasteiger partial charge >= 0.3 is 0 Å². The van der Waals surface area contributed by atoms with Crippen molar-refractivity contribution >= 4 is 39.3 Å². The van der Waals surface area contributed by atoms with E-state index in [9.17, 15) is 18.8 Å². The standard InChI is InChI=1S/C23H14BrFN2O3/c24-14-7-11-16(12-8-14)26-19(13-5-9-15(25)10-6-13)20(23(26)30)27-21(28)17-3-1-2-4-18(17)22(27)29/h1-12,19-20H. The number of β-lactam (4-membered cyclic amide) rings is 1. The molecule has 2 atom stereocenters. The molecule has 148 valence electrons. The van der Waals surface area contributed by atoms with E-state index >= 15 is 0 Å². The van der Waals surface area contributed by atoms with Crippen molar-refractivity contribution in [3.63, 3.8) is 0 Å². The third-order valence-electron chi connectivity index (χ3n) is 5.49. The highest BCUT2D eigenvalue weighted by Crippen LogP contribution is 2.44. The fourth-order valence-electron chi connectivity index (χ4n) is 4.07. The van der Waals surface area contributed by atoms with E-state index in [4.69, 9.17) is 0 Å². The molecule has 2 aliphatic rings. The van der Waals surface area contributed by atoms with Crippen LogP contribution < -0.4 is 4.90 Å². The summed E-state index contributed by atoms with van der Waals surface area (Å²) in [5, 5.41) is 0. The van der Waals surface area contributed by atoms with E-state index in [-0.39, 0.29) is 17.0 Å². The molecule has 5 rings (SSSR count). The zero-order valence-electron chi connectivity index (χ0n) is 15.5. The second-order valence-electron chi connectivity index (χ2n) is 7.15. The van der Waals surface area contributed by atoms with Gasteiger partial charge in [-0.25, -0.2) is 4.39 Å². The molecule has 0 saturated carbocycles. The van der Waals surface area contributed by atoms with Crippen molar-refractivity contribution in [2.24, 2.45) is 0 Å². The predicted molar refractivity (Wildman–Crippen MR) is 111 cm³/mol. The van der Waals surface area contributed by atoms with Gasteiger partial charge in [0.25, 0.3) is 17.7 Å². The zero-order chi connectivity index (χ0) is 21.0. The van der Waals surface area contributed by atoms with Gasteiger partial charge in [-0.2, -0.15) is 0 Å². The Labute approximate surface area is 179 Å². The minimum absolute atomic E-state index is 0.287. The molecule has 3 aromatic rings. The first-order valence-electron chi connectivity index (χ1n) is 9.28. The molecule has 2 aliphatic heterocycles. The van der Waals surface area contributed by atoms with E-state index in [2.05, 4.69) is 15.9 Å². The van der Waals surface area contributed by atoms with E-state index in [0.29, 0.717) is 11.3 Å². The Hall–Kier alpha value is -3.32. The Kier molecular flexibility index (Phi) is 4.29. The number of fused-ring (bicyclic) bond motifs is 1. The highest BCUT2D eigenvalue weighted by atomic mass is 79.9. The molecule has 0 radical (unpaired) electrons. The van der Waals surface area contributed by atoms with E-state index in [0.717, 1.165) is 9.37 Å². The van der Waals surface area contributed by atoms with Gasteiger partial charge in [0, 0.05) is 10.2 Å². The number of carbonyl (C=O) groups excluding carboxylic acids is 3. The van der Waals surface area contributed by atoms with Crippen LogP contribution in [0.15, 0.2) is 77.3 Å². The molecular formula is C23H14BrFN2O3. The number of rotatable bonds is 3. The van der Waals surface area contributed by atoms with Crippen LogP contribution in [0, 0.1) is 5.82 Å². The molecule has 2 heterocycles. The molecule has 7 heteroatoms. The van der Waals surface area contributed by atoms with E-state index in [1.807, 2.05) is 0 Å². The zero-order valence-corrected chi connectivity index (χ0v) is 17.0. The summed E-state index contributed by atoms with van der Waals surface area (Å²) in [6, 6.07) is 17.8. The maximum atomic E-state index is 13.5. The van der Waals surface area contributed by atoms with Crippen LogP contribution in [0.3, 0.4) is 0 Å². The lowest BCUT2D eigenvalue weighted by Crippen LogP contribution is -2.67. The average molecular weight is 465 g/mol. The SMILES string of the molecule is O=C1c2ccccc2C(=O)N1C1C(=O)N(c2ccc(Br)cc2)C1c1ccc(F)cc1. The average Bonchev–Trinajstić information content (AvgIpc) is 3.00. The predicted octanol–water partition coefficient (Wildman–Crippen LogP) is 4.34. The molecule has 0 spiro atoms. The van der Waals surface area contributed by atoms with E-state index < -0.39 is 29.7 Å². The van der Waals surface area contributed by atoms with Gasteiger partial charge in [-0.15, -0.1) is 0 Å². The molecule has 5 nitrogen and oxygen atoms in total. The van der Waals surface area contributed by atoms with Crippen LogP contribution in [0.4, 0.5) is 10.1 Å². The van der Waals surface area contributed by atoms with Crippen LogP contribution in [-0.2, 0) is 4.79 Å². The summed E-state index contributed by atoms with van der Waals surface area (Å²) in [7, 11) is 0. The Morgan fingerprint density at radius 1 is 0.700 bits per heavy atom. The summed E-state index contributed by atoms with van der Waals surface area (Å²) in [4.78, 5) is 41.7. The molecule has 0 aliphatic carbocycles. The van der Waals surface area contributed by atoms with Gasteiger partial charge in [0.2, 0.25) is 0 Å². The maximum Gasteiger partial charge on any atom is 0.262 e. The number of nitrogens with zero attached hydrogens (tertiary/aromatic N) is 2. The van der Waals surface area contributed by atoms with Gasteiger partial charge in [0.05, 0.1) is 17.2 Å². The first-order valence-corrected chi connectivity index (χ1v) is 10.1. The number of amides is 3. The van der Waals surface area contributed by atoms with Crippen molar-refractivity contribution in [1.29, 1.82) is 0 Å². The minimum Gasteiger partial charge on any atom is -0.300 e. The molecule has 30 heavy (non-hydrogen) atoms. The number of carbonyl (C=O) groups is 3. The van der Waals surface area contributed by atoms with Crippen molar-refractivity contribution in [1.82, 2.24) is 4.90 Å². The van der Waals surface area contributed by atoms with Crippen molar-refractivity contribution in [3.8, 4) is 0 Å². The number of benzene rings is 3. The van der Waals surface area contributed by atoms with Gasteiger partial charge in [-0.1, -0.05) is 40.2 Å². The van der Waals surface area contributed by atoms with Gasteiger partial charge < -0.3 is 4.90 Å². The van der Waals surface area contributed by atoms with Crippen LogP contribution in [-0.4, -0.2) is 28.7 Å². The summed E-state index contributed by atoms with van der Waals surface area (Å²) < 4.78 is 14.4. The lowest BCUT2D eigenvalue weighted by molar-refractivity contribution is -0.130. The minimum atomic E-state index is -0.994. The van der Waals surface area contributed by atoms with Gasteiger partial charge in [0.15, 0.2) is 0 Å². The highest BCUT2D eigenvalue weighted by Gasteiger charge is 2.57. The molecule has 0 aromatic heterocycles. The van der Waals surface area contributed by atoms with Crippen molar-refractivity contribution in [2.45, 2.75) is 12.1 Å². The molecular weight excluding hydrogens is 451 g/mol. The molecule has 1 saturated heterocycles. The third kappa shape index (κ3) is 2.69. The normalized spacial score (nSPS) is 20.4. The maximum absolute atomic E-state index is 13.5. The first-order chi connectivity index (χ1) is 14.5. The second-order valence-corrected chi connectivity index (χ2v) is 8.07. The van der Waals surface area contributed by atoms with Crippen LogP contribution in [0.25, 0.3) is 0 Å². The van der Waals surface area contributed by atoms with Crippen molar-refractivity contribution < 1.29 is 18.8 Å². The molecule has 0 bridgehead atoms. The number of hydrogen-bond donors (Lipinski definition) is 0. The molecule has 0 N–H and O–H groups in total. The van der Waals surface area contributed by atoms with Gasteiger partial charge in [-0.05, 0) is 54.1 Å². The Balaban J connectivity index is 1.58. The highest BCUT2D eigenvalue weighted by molar-refractivity contribution is 9.10. The Morgan fingerprint density at radius 3 is 1.83 bits per heavy atom. The smallest absolute Gasteiger partial charge is 0.262 e. The monoisotopic (exact) mass is 464 g/mol. The fourth-order valence-corrected chi connectivity index (χ4v) is 4.33. The third-order valence-corrected chi connectivity index (χ3v) is 6.02. The lowest BCUT2D eigenvalue weighted by Gasteiger charge is -2.49. The number of anilines is 1.